The van der Waals surface area contributed by atoms with Crippen LogP contribution in [0, 0.1) is 6.92 Å². The van der Waals surface area contributed by atoms with E-state index >= 15 is 0 Å². The Balaban J connectivity index is 1.46. The Labute approximate surface area is 182 Å². The molecule has 2 aromatic rings. The van der Waals surface area contributed by atoms with Crippen LogP contribution < -0.4 is 10.2 Å². The first-order valence-corrected chi connectivity index (χ1v) is 11.3. The molecule has 2 amide bonds. The maximum Gasteiger partial charge on any atom is 0.234 e. The largest absolute Gasteiger partial charge is 0.378 e. The number of benzene rings is 2. The van der Waals surface area contributed by atoms with Crippen LogP contribution in [0.3, 0.4) is 0 Å². The maximum atomic E-state index is 12.6. The number of ether oxygens (including phenoxy) is 1. The molecule has 0 atom stereocenters. The summed E-state index contributed by atoms with van der Waals surface area (Å²) in [5, 5.41) is 2.87. The highest BCUT2D eigenvalue weighted by molar-refractivity contribution is 8.00. The number of hydrogen-bond acceptors (Lipinski definition) is 5. The van der Waals surface area contributed by atoms with E-state index in [1.54, 1.807) is 4.90 Å². The van der Waals surface area contributed by atoms with Gasteiger partial charge in [0.1, 0.15) is 0 Å². The number of anilines is 2. The van der Waals surface area contributed by atoms with Gasteiger partial charge >= 0.3 is 0 Å². The second-order valence-electron chi connectivity index (χ2n) is 7.39. The van der Waals surface area contributed by atoms with Crippen LogP contribution in [-0.4, -0.2) is 61.6 Å². The molecule has 0 radical (unpaired) electrons. The van der Waals surface area contributed by atoms with Gasteiger partial charge in [-0.25, -0.2) is 0 Å². The van der Waals surface area contributed by atoms with Gasteiger partial charge in [0.15, 0.2) is 0 Å². The van der Waals surface area contributed by atoms with Crippen molar-refractivity contribution in [1.82, 2.24) is 4.90 Å². The zero-order chi connectivity index (χ0) is 21.3. The van der Waals surface area contributed by atoms with Crippen LogP contribution in [0.25, 0.3) is 0 Å². The highest BCUT2D eigenvalue weighted by atomic mass is 32.2. The number of nitrogens with one attached hydrogen (secondary N) is 1. The first-order valence-electron chi connectivity index (χ1n) is 10.1. The lowest BCUT2D eigenvalue weighted by Crippen LogP contribution is -2.37. The Morgan fingerprint density at radius 2 is 1.87 bits per heavy atom. The van der Waals surface area contributed by atoms with E-state index in [4.69, 9.17) is 4.74 Å². The average molecular weight is 428 g/mol. The average Bonchev–Trinajstić information content (AvgIpc) is 2.74. The van der Waals surface area contributed by atoms with Gasteiger partial charge < -0.3 is 19.9 Å². The normalized spacial score (nSPS) is 13.7. The van der Waals surface area contributed by atoms with E-state index in [1.165, 1.54) is 11.8 Å². The van der Waals surface area contributed by atoms with Crippen LogP contribution in [0.5, 0.6) is 0 Å². The molecule has 1 aliphatic heterocycles. The summed E-state index contributed by atoms with van der Waals surface area (Å²) in [6, 6.07) is 15.9. The molecule has 0 aromatic heterocycles. The molecule has 0 saturated carbocycles. The molecule has 1 heterocycles. The van der Waals surface area contributed by atoms with Gasteiger partial charge in [0.05, 0.1) is 24.7 Å². The number of para-hydroxylation sites is 1. The molecule has 6 nitrogen and oxygen atoms in total. The van der Waals surface area contributed by atoms with Crippen LogP contribution in [0.15, 0.2) is 48.5 Å². The van der Waals surface area contributed by atoms with Crippen molar-refractivity contribution in [2.45, 2.75) is 13.5 Å². The number of aryl methyl sites for hydroxylation is 1. The van der Waals surface area contributed by atoms with Crippen molar-refractivity contribution in [2.75, 3.05) is 55.1 Å². The molecule has 1 N–H and O–H groups in total. The summed E-state index contributed by atoms with van der Waals surface area (Å²) in [7, 11) is 1.81. The van der Waals surface area contributed by atoms with Gasteiger partial charge in [0, 0.05) is 38.1 Å². The van der Waals surface area contributed by atoms with Gasteiger partial charge in [-0.15, -0.1) is 11.8 Å². The molecule has 30 heavy (non-hydrogen) atoms. The van der Waals surface area contributed by atoms with E-state index in [9.17, 15) is 9.59 Å². The van der Waals surface area contributed by atoms with E-state index in [-0.39, 0.29) is 23.3 Å². The molecule has 0 aliphatic carbocycles. The Morgan fingerprint density at radius 1 is 1.10 bits per heavy atom. The van der Waals surface area contributed by atoms with Crippen LogP contribution >= 0.6 is 11.8 Å². The molecule has 0 spiro atoms. The fourth-order valence-electron chi connectivity index (χ4n) is 3.36. The molecule has 1 fully saturated rings. The standard InChI is InChI=1S/C23H29N3O3S/c1-18-6-5-8-20(14-18)24-22(27)16-30-17-23(28)25(2)15-19-7-3-4-9-21(19)26-10-12-29-13-11-26/h3-9,14H,10-13,15-17H2,1-2H3,(H,24,27). The number of rotatable bonds is 8. The van der Waals surface area contributed by atoms with Crippen LogP contribution in [0.4, 0.5) is 11.4 Å². The van der Waals surface area contributed by atoms with Crippen LogP contribution in [0.2, 0.25) is 0 Å². The van der Waals surface area contributed by atoms with E-state index in [0.29, 0.717) is 6.54 Å². The van der Waals surface area contributed by atoms with Crippen molar-refractivity contribution < 1.29 is 14.3 Å². The zero-order valence-corrected chi connectivity index (χ0v) is 18.4. The first kappa shape index (κ1) is 22.2. The molecule has 160 valence electrons. The topological polar surface area (TPSA) is 61.9 Å². The Hall–Kier alpha value is -2.51. The van der Waals surface area contributed by atoms with Crippen molar-refractivity contribution in [3.05, 3.63) is 59.7 Å². The van der Waals surface area contributed by atoms with E-state index < -0.39 is 0 Å². The van der Waals surface area contributed by atoms with E-state index in [0.717, 1.165) is 48.8 Å². The third-order valence-corrected chi connectivity index (χ3v) is 5.85. The third-order valence-electron chi connectivity index (χ3n) is 4.94. The van der Waals surface area contributed by atoms with Gasteiger partial charge in [-0.1, -0.05) is 30.3 Å². The monoisotopic (exact) mass is 427 g/mol. The summed E-state index contributed by atoms with van der Waals surface area (Å²) in [6.07, 6.45) is 0. The number of morpholine rings is 1. The summed E-state index contributed by atoms with van der Waals surface area (Å²) >= 11 is 1.33. The molecular weight excluding hydrogens is 398 g/mol. The molecule has 7 heteroatoms. The molecule has 1 saturated heterocycles. The lowest BCUT2D eigenvalue weighted by atomic mass is 10.1. The number of carbonyl (C=O) groups is 2. The second kappa shape index (κ2) is 11.0. The second-order valence-corrected chi connectivity index (χ2v) is 8.37. The predicted molar refractivity (Wildman–Crippen MR) is 123 cm³/mol. The highest BCUT2D eigenvalue weighted by Crippen LogP contribution is 2.23. The minimum absolute atomic E-state index is 0.0140. The maximum absolute atomic E-state index is 12.6. The number of carbonyl (C=O) groups excluding carboxylic acids is 2. The van der Waals surface area contributed by atoms with Gasteiger partial charge in [0.2, 0.25) is 11.8 Å². The van der Waals surface area contributed by atoms with Crippen molar-refractivity contribution in [2.24, 2.45) is 0 Å². The summed E-state index contributed by atoms with van der Waals surface area (Å²) in [5.41, 5.74) is 4.15. The lowest BCUT2D eigenvalue weighted by molar-refractivity contribution is -0.127. The number of amides is 2. The number of nitrogens with zero attached hydrogens (tertiary/aromatic N) is 2. The smallest absolute Gasteiger partial charge is 0.234 e. The minimum Gasteiger partial charge on any atom is -0.378 e. The summed E-state index contributed by atoms with van der Waals surface area (Å²) in [5.74, 6) is 0.439. The minimum atomic E-state index is -0.0984. The van der Waals surface area contributed by atoms with Gasteiger partial charge in [-0.3, -0.25) is 9.59 Å². The summed E-state index contributed by atoms with van der Waals surface area (Å²) in [4.78, 5) is 28.7. The van der Waals surface area contributed by atoms with Crippen molar-refractivity contribution in [3.63, 3.8) is 0 Å². The molecule has 2 aromatic carbocycles. The Kier molecular flexibility index (Phi) is 8.16. The SMILES string of the molecule is Cc1cccc(NC(=O)CSCC(=O)N(C)Cc2ccccc2N2CCOCC2)c1. The van der Waals surface area contributed by atoms with Gasteiger partial charge in [0.25, 0.3) is 0 Å². The molecular formula is C23H29N3O3S. The van der Waals surface area contributed by atoms with Crippen molar-refractivity contribution >= 4 is 35.0 Å². The van der Waals surface area contributed by atoms with Gasteiger partial charge in [-0.05, 0) is 36.2 Å². The molecule has 0 unspecified atom stereocenters. The molecule has 3 rings (SSSR count). The summed E-state index contributed by atoms with van der Waals surface area (Å²) in [6.45, 7) is 5.70. The van der Waals surface area contributed by atoms with Crippen molar-refractivity contribution in [3.8, 4) is 0 Å². The van der Waals surface area contributed by atoms with Crippen LogP contribution in [-0.2, 0) is 20.9 Å². The van der Waals surface area contributed by atoms with E-state index in [1.807, 2.05) is 50.4 Å². The fraction of sp³-hybridized carbons (Fsp3) is 0.391. The quantitative estimate of drug-likeness (QED) is 0.701. The van der Waals surface area contributed by atoms with E-state index in [2.05, 4.69) is 22.3 Å². The van der Waals surface area contributed by atoms with Crippen LogP contribution in [0.1, 0.15) is 11.1 Å². The zero-order valence-electron chi connectivity index (χ0n) is 17.6. The summed E-state index contributed by atoms with van der Waals surface area (Å²) < 4.78 is 5.45. The Morgan fingerprint density at radius 3 is 2.63 bits per heavy atom. The van der Waals surface area contributed by atoms with Gasteiger partial charge in [-0.2, -0.15) is 0 Å². The molecule has 1 aliphatic rings. The van der Waals surface area contributed by atoms with Crippen molar-refractivity contribution in [1.29, 1.82) is 0 Å². The number of thioether (sulfide) groups is 1. The number of hydrogen-bond donors (Lipinski definition) is 1. The fourth-order valence-corrected chi connectivity index (χ4v) is 4.12. The lowest BCUT2D eigenvalue weighted by Gasteiger charge is -2.31. The first-order chi connectivity index (χ1) is 14.5. The Bertz CT molecular complexity index is 868. The molecule has 0 bridgehead atoms. The predicted octanol–water partition coefficient (Wildman–Crippen LogP) is 3.16. The third kappa shape index (κ3) is 6.50. The highest BCUT2D eigenvalue weighted by Gasteiger charge is 2.17.